The molecule has 1 aromatic rings. The fraction of sp³-hybridized carbons (Fsp3) is 0.692. The fourth-order valence-electron chi connectivity index (χ4n) is 1.79. The number of unbranched alkanes of at least 4 members (excludes halogenated alkanes) is 1. The van der Waals surface area contributed by atoms with Gasteiger partial charge in [-0.15, -0.1) is 0 Å². The number of nitrogens with zero attached hydrogens (tertiary/aromatic N) is 2. The Hall–Kier alpha value is -0.880. The first-order chi connectivity index (χ1) is 9.13. The predicted molar refractivity (Wildman–Crippen MR) is 80.5 cm³/mol. The van der Waals surface area contributed by atoms with E-state index in [9.17, 15) is 4.79 Å². The van der Waals surface area contributed by atoms with Gasteiger partial charge in [-0.3, -0.25) is 4.79 Å². The largest absolute Gasteiger partial charge is 0.396 e. The van der Waals surface area contributed by atoms with Crippen molar-refractivity contribution in [2.24, 2.45) is 0 Å². The van der Waals surface area contributed by atoms with Crippen LogP contribution in [0.4, 0.5) is 5.69 Å². The van der Waals surface area contributed by atoms with Crippen LogP contribution in [-0.4, -0.2) is 27.5 Å². The van der Waals surface area contributed by atoms with Gasteiger partial charge in [-0.25, -0.2) is 4.68 Å². The van der Waals surface area contributed by atoms with E-state index in [1.54, 1.807) is 6.20 Å². The van der Waals surface area contributed by atoms with Crippen molar-refractivity contribution < 1.29 is 5.11 Å². The maximum Gasteiger partial charge on any atom is 0.283 e. The van der Waals surface area contributed by atoms with Crippen LogP contribution in [0.3, 0.4) is 0 Å². The topological polar surface area (TPSA) is 67.2 Å². The summed E-state index contributed by atoms with van der Waals surface area (Å²) in [6.45, 7) is 4.89. The first-order valence-electron chi connectivity index (χ1n) is 6.77. The molecule has 6 heteroatoms. The summed E-state index contributed by atoms with van der Waals surface area (Å²) >= 11 is 3.33. The second-order valence-corrected chi connectivity index (χ2v) is 5.31. The van der Waals surface area contributed by atoms with Gasteiger partial charge in [0.05, 0.1) is 11.9 Å². The molecule has 0 radical (unpaired) electrons. The first kappa shape index (κ1) is 16.2. The van der Waals surface area contributed by atoms with Gasteiger partial charge < -0.3 is 10.4 Å². The zero-order chi connectivity index (χ0) is 14.3. The third kappa shape index (κ3) is 4.62. The van der Waals surface area contributed by atoms with Crippen LogP contribution in [0.25, 0.3) is 0 Å². The zero-order valence-corrected chi connectivity index (χ0v) is 13.1. The SMILES string of the molecule is CCCCn1ncc(NC(CC)CCO)c(Br)c1=O. The number of anilines is 1. The molecule has 0 aromatic carbocycles. The third-order valence-electron chi connectivity index (χ3n) is 3.04. The maximum atomic E-state index is 12.1. The lowest BCUT2D eigenvalue weighted by Crippen LogP contribution is -2.27. The quantitative estimate of drug-likeness (QED) is 0.767. The lowest BCUT2D eigenvalue weighted by Gasteiger charge is -2.18. The van der Waals surface area contributed by atoms with Gasteiger partial charge in [-0.2, -0.15) is 5.10 Å². The average Bonchev–Trinajstić information content (AvgIpc) is 2.42. The van der Waals surface area contributed by atoms with Crippen LogP contribution in [0.1, 0.15) is 39.5 Å². The molecule has 0 aliphatic carbocycles. The summed E-state index contributed by atoms with van der Waals surface area (Å²) in [5.41, 5.74) is 0.579. The van der Waals surface area contributed by atoms with Crippen molar-refractivity contribution in [3.8, 4) is 0 Å². The Morgan fingerprint density at radius 1 is 1.53 bits per heavy atom. The van der Waals surface area contributed by atoms with Crippen molar-refractivity contribution in [2.45, 2.75) is 52.1 Å². The molecule has 1 aromatic heterocycles. The molecule has 1 unspecified atom stereocenters. The summed E-state index contributed by atoms with van der Waals surface area (Å²) in [5.74, 6) is 0. The van der Waals surface area contributed by atoms with Gasteiger partial charge in [-0.1, -0.05) is 20.3 Å². The molecule has 2 N–H and O–H groups in total. The number of aliphatic hydroxyl groups is 1. The van der Waals surface area contributed by atoms with Crippen molar-refractivity contribution >= 4 is 21.6 Å². The Morgan fingerprint density at radius 2 is 2.26 bits per heavy atom. The minimum atomic E-state index is -0.114. The van der Waals surface area contributed by atoms with Gasteiger partial charge >= 0.3 is 0 Å². The molecule has 0 amide bonds. The van der Waals surface area contributed by atoms with Crippen molar-refractivity contribution in [3.05, 3.63) is 21.0 Å². The van der Waals surface area contributed by atoms with E-state index in [0.717, 1.165) is 19.3 Å². The predicted octanol–water partition coefficient (Wildman–Crippen LogP) is 2.38. The molecule has 0 aliphatic heterocycles. The van der Waals surface area contributed by atoms with E-state index in [1.165, 1.54) is 4.68 Å². The molecular formula is C13H22BrN3O2. The van der Waals surface area contributed by atoms with E-state index in [4.69, 9.17) is 5.11 Å². The second-order valence-electron chi connectivity index (χ2n) is 4.52. The van der Waals surface area contributed by atoms with Gasteiger partial charge in [0.1, 0.15) is 4.47 Å². The highest BCUT2D eigenvalue weighted by atomic mass is 79.9. The molecule has 5 nitrogen and oxygen atoms in total. The Bertz CT molecular complexity index is 448. The molecule has 0 saturated carbocycles. The van der Waals surface area contributed by atoms with E-state index in [-0.39, 0.29) is 18.2 Å². The highest BCUT2D eigenvalue weighted by molar-refractivity contribution is 9.10. The summed E-state index contributed by atoms with van der Waals surface area (Å²) in [6, 6.07) is 0.147. The lowest BCUT2D eigenvalue weighted by atomic mass is 10.1. The molecule has 0 spiro atoms. The molecule has 0 saturated heterocycles. The van der Waals surface area contributed by atoms with Crippen LogP contribution in [0.15, 0.2) is 15.5 Å². The fourth-order valence-corrected chi connectivity index (χ4v) is 2.21. The van der Waals surface area contributed by atoms with E-state index in [2.05, 4.69) is 33.3 Å². The molecule has 1 heterocycles. The van der Waals surface area contributed by atoms with Crippen molar-refractivity contribution in [2.75, 3.05) is 11.9 Å². The molecule has 0 fully saturated rings. The summed E-state index contributed by atoms with van der Waals surface area (Å²) < 4.78 is 1.99. The lowest BCUT2D eigenvalue weighted by molar-refractivity contribution is 0.278. The molecule has 0 bridgehead atoms. The monoisotopic (exact) mass is 331 g/mol. The zero-order valence-electron chi connectivity index (χ0n) is 11.5. The molecule has 108 valence electrons. The first-order valence-corrected chi connectivity index (χ1v) is 7.56. The minimum absolute atomic E-state index is 0.114. The van der Waals surface area contributed by atoms with E-state index in [1.807, 2.05) is 6.92 Å². The third-order valence-corrected chi connectivity index (χ3v) is 3.80. The molecule has 0 aliphatic rings. The minimum Gasteiger partial charge on any atom is -0.396 e. The highest BCUT2D eigenvalue weighted by Gasteiger charge is 2.12. The second kappa shape index (κ2) is 8.32. The van der Waals surface area contributed by atoms with Crippen LogP contribution in [0.5, 0.6) is 0 Å². The average molecular weight is 332 g/mol. The summed E-state index contributed by atoms with van der Waals surface area (Å²) in [7, 11) is 0. The molecule has 1 rings (SSSR count). The summed E-state index contributed by atoms with van der Waals surface area (Å²) in [4.78, 5) is 12.1. The van der Waals surface area contributed by atoms with Crippen molar-refractivity contribution in [1.82, 2.24) is 9.78 Å². The number of nitrogens with one attached hydrogen (secondary N) is 1. The number of rotatable bonds is 8. The van der Waals surface area contributed by atoms with Gasteiger partial charge in [0, 0.05) is 19.2 Å². The Balaban J connectivity index is 2.86. The van der Waals surface area contributed by atoms with Crippen LogP contribution >= 0.6 is 15.9 Å². The number of aryl methyl sites for hydroxylation is 1. The summed E-state index contributed by atoms with van der Waals surface area (Å²) in [5, 5.41) is 16.4. The number of aliphatic hydroxyl groups excluding tert-OH is 1. The van der Waals surface area contributed by atoms with Crippen LogP contribution < -0.4 is 10.9 Å². The van der Waals surface area contributed by atoms with E-state index >= 15 is 0 Å². The van der Waals surface area contributed by atoms with Gasteiger partial charge in [0.15, 0.2) is 0 Å². The highest BCUT2D eigenvalue weighted by Crippen LogP contribution is 2.18. The van der Waals surface area contributed by atoms with Crippen molar-refractivity contribution in [1.29, 1.82) is 0 Å². The number of halogens is 1. The number of hydrogen-bond donors (Lipinski definition) is 2. The smallest absolute Gasteiger partial charge is 0.283 e. The van der Waals surface area contributed by atoms with Gasteiger partial charge in [-0.05, 0) is 35.2 Å². The maximum absolute atomic E-state index is 12.1. The Morgan fingerprint density at radius 3 is 2.84 bits per heavy atom. The standard InChI is InChI=1S/C13H22BrN3O2/c1-3-5-7-17-13(19)12(14)11(9-15-17)16-10(4-2)6-8-18/h9-10,16,18H,3-8H2,1-2H3. The van der Waals surface area contributed by atoms with E-state index in [0.29, 0.717) is 23.1 Å². The van der Waals surface area contributed by atoms with Gasteiger partial charge in [0.2, 0.25) is 0 Å². The normalized spacial score (nSPS) is 12.4. The summed E-state index contributed by atoms with van der Waals surface area (Å²) in [6.07, 6.45) is 5.17. The van der Waals surface area contributed by atoms with Crippen LogP contribution in [-0.2, 0) is 6.54 Å². The Labute approximate surface area is 122 Å². The molecule has 1 atom stereocenters. The van der Waals surface area contributed by atoms with Gasteiger partial charge in [0.25, 0.3) is 5.56 Å². The number of aromatic nitrogens is 2. The van der Waals surface area contributed by atoms with Crippen molar-refractivity contribution in [3.63, 3.8) is 0 Å². The van der Waals surface area contributed by atoms with Crippen LogP contribution in [0, 0.1) is 0 Å². The number of hydrogen-bond acceptors (Lipinski definition) is 4. The molecule has 19 heavy (non-hydrogen) atoms. The molecular weight excluding hydrogens is 310 g/mol. The van der Waals surface area contributed by atoms with Crippen LogP contribution in [0.2, 0.25) is 0 Å². The van der Waals surface area contributed by atoms with E-state index < -0.39 is 0 Å². The Kier molecular flexibility index (Phi) is 7.09.